The Balaban J connectivity index is 1.92. The van der Waals surface area contributed by atoms with Crippen molar-refractivity contribution in [1.29, 1.82) is 0 Å². The van der Waals surface area contributed by atoms with Gasteiger partial charge in [-0.3, -0.25) is 4.79 Å². The molecule has 1 unspecified atom stereocenters. The monoisotopic (exact) mass is 290 g/mol. The number of ether oxygens (including phenoxy) is 1. The molecule has 1 atom stereocenters. The molecule has 0 fully saturated rings. The van der Waals surface area contributed by atoms with Gasteiger partial charge in [-0.1, -0.05) is 13.0 Å². The number of aryl methyl sites for hydroxylation is 2. The average Bonchev–Trinajstić information content (AvgIpc) is 2.47. The van der Waals surface area contributed by atoms with Crippen LogP contribution in [0.2, 0.25) is 0 Å². The summed E-state index contributed by atoms with van der Waals surface area (Å²) >= 11 is 0. The summed E-state index contributed by atoms with van der Waals surface area (Å²) in [5.41, 5.74) is 7.62. The fourth-order valence-electron chi connectivity index (χ4n) is 2.86. The van der Waals surface area contributed by atoms with Gasteiger partial charge < -0.3 is 15.8 Å². The number of amides is 1. The van der Waals surface area contributed by atoms with Crippen LogP contribution in [0, 0.1) is 0 Å². The molecule has 0 saturated heterocycles. The van der Waals surface area contributed by atoms with Crippen LogP contribution in [0.3, 0.4) is 0 Å². The van der Waals surface area contributed by atoms with E-state index in [0.717, 1.165) is 12.2 Å². The summed E-state index contributed by atoms with van der Waals surface area (Å²) in [7, 11) is 0. The van der Waals surface area contributed by atoms with E-state index in [2.05, 4.69) is 17.4 Å². The Morgan fingerprint density at radius 3 is 2.71 bits per heavy atom. The number of likely N-dealkylation sites (N-methyl/N-ethyl adjacent to an activating group) is 1. The molecule has 1 aliphatic carbocycles. The van der Waals surface area contributed by atoms with Crippen LogP contribution >= 0.6 is 0 Å². The zero-order valence-electron chi connectivity index (χ0n) is 13.1. The minimum Gasteiger partial charge on any atom is -0.494 e. The molecule has 0 aromatic heterocycles. The van der Waals surface area contributed by atoms with E-state index in [1.807, 2.05) is 19.9 Å². The van der Waals surface area contributed by atoms with Gasteiger partial charge in [0, 0.05) is 6.42 Å². The third-order valence-electron chi connectivity index (χ3n) is 4.30. The van der Waals surface area contributed by atoms with Crippen molar-refractivity contribution in [2.75, 3.05) is 13.2 Å². The summed E-state index contributed by atoms with van der Waals surface area (Å²) in [6.45, 7) is 4.98. The number of carbonyl (C=O) groups is 1. The molecule has 116 valence electrons. The number of primary amides is 1. The minimum atomic E-state index is -0.705. The van der Waals surface area contributed by atoms with Gasteiger partial charge >= 0.3 is 0 Å². The zero-order valence-corrected chi connectivity index (χ0v) is 13.1. The number of rotatable bonds is 7. The van der Waals surface area contributed by atoms with Crippen LogP contribution in [0.25, 0.3) is 0 Å². The summed E-state index contributed by atoms with van der Waals surface area (Å²) < 4.78 is 5.82. The SMILES string of the molecule is CCNC(C)(CCOc1ccc2c(c1)CCCC2)C(N)=O. The zero-order chi connectivity index (χ0) is 15.3. The molecule has 1 amide bonds. The molecule has 0 spiro atoms. The van der Waals surface area contributed by atoms with Gasteiger partial charge in [-0.15, -0.1) is 0 Å². The molecule has 0 saturated carbocycles. The molecule has 0 radical (unpaired) electrons. The number of fused-ring (bicyclic) bond motifs is 1. The van der Waals surface area contributed by atoms with E-state index < -0.39 is 5.54 Å². The fraction of sp³-hybridized carbons (Fsp3) is 0.588. The maximum Gasteiger partial charge on any atom is 0.237 e. The van der Waals surface area contributed by atoms with Crippen molar-refractivity contribution in [3.63, 3.8) is 0 Å². The van der Waals surface area contributed by atoms with Crippen molar-refractivity contribution in [1.82, 2.24) is 5.32 Å². The Morgan fingerprint density at radius 1 is 1.33 bits per heavy atom. The highest BCUT2D eigenvalue weighted by Gasteiger charge is 2.29. The first-order chi connectivity index (χ1) is 10.0. The Hall–Kier alpha value is -1.55. The maximum atomic E-state index is 11.5. The van der Waals surface area contributed by atoms with Crippen LogP contribution in [0.5, 0.6) is 5.75 Å². The van der Waals surface area contributed by atoms with E-state index in [0.29, 0.717) is 19.6 Å². The predicted octanol–water partition coefficient (Wildman–Crippen LogP) is 2.19. The van der Waals surface area contributed by atoms with E-state index in [4.69, 9.17) is 10.5 Å². The van der Waals surface area contributed by atoms with Crippen molar-refractivity contribution in [2.45, 2.75) is 51.5 Å². The smallest absolute Gasteiger partial charge is 0.237 e. The first-order valence-corrected chi connectivity index (χ1v) is 7.84. The number of carbonyl (C=O) groups excluding carboxylic acids is 1. The van der Waals surface area contributed by atoms with Crippen LogP contribution in [0.4, 0.5) is 0 Å². The van der Waals surface area contributed by atoms with E-state index >= 15 is 0 Å². The normalized spacial score (nSPS) is 16.9. The molecule has 1 aromatic carbocycles. The highest BCUT2D eigenvalue weighted by molar-refractivity contribution is 5.84. The number of benzene rings is 1. The Morgan fingerprint density at radius 2 is 2.05 bits per heavy atom. The van der Waals surface area contributed by atoms with Gasteiger partial charge in [-0.25, -0.2) is 0 Å². The molecule has 4 heteroatoms. The molecule has 4 nitrogen and oxygen atoms in total. The molecule has 0 aliphatic heterocycles. The standard InChI is InChI=1S/C17H26N2O2/c1-3-19-17(2,16(18)20)10-11-21-15-9-8-13-6-4-5-7-14(13)12-15/h8-9,12,19H,3-7,10-11H2,1-2H3,(H2,18,20). The second-order valence-electron chi connectivity index (χ2n) is 5.96. The third-order valence-corrected chi connectivity index (χ3v) is 4.30. The van der Waals surface area contributed by atoms with E-state index in [1.165, 1.54) is 30.4 Å². The van der Waals surface area contributed by atoms with Gasteiger partial charge in [0.1, 0.15) is 5.75 Å². The maximum absolute atomic E-state index is 11.5. The Kier molecular flexibility index (Phi) is 5.23. The fourth-order valence-corrected chi connectivity index (χ4v) is 2.86. The van der Waals surface area contributed by atoms with Gasteiger partial charge in [0.25, 0.3) is 0 Å². The molecule has 1 aliphatic rings. The van der Waals surface area contributed by atoms with Crippen molar-refractivity contribution >= 4 is 5.91 Å². The third kappa shape index (κ3) is 3.97. The molecular weight excluding hydrogens is 264 g/mol. The largest absolute Gasteiger partial charge is 0.494 e. The summed E-state index contributed by atoms with van der Waals surface area (Å²) in [6, 6.07) is 6.34. The summed E-state index contributed by atoms with van der Waals surface area (Å²) in [5.74, 6) is 0.553. The van der Waals surface area contributed by atoms with E-state index in [1.54, 1.807) is 0 Å². The molecule has 3 N–H and O–H groups in total. The minimum absolute atomic E-state index is 0.335. The second-order valence-corrected chi connectivity index (χ2v) is 5.96. The van der Waals surface area contributed by atoms with E-state index in [-0.39, 0.29) is 5.91 Å². The van der Waals surface area contributed by atoms with Crippen LogP contribution in [-0.4, -0.2) is 24.6 Å². The lowest BCUT2D eigenvalue weighted by Crippen LogP contribution is -2.53. The van der Waals surface area contributed by atoms with Gasteiger partial charge in [-0.2, -0.15) is 0 Å². The Labute approximate surface area is 127 Å². The van der Waals surface area contributed by atoms with Crippen LogP contribution < -0.4 is 15.8 Å². The van der Waals surface area contributed by atoms with Crippen molar-refractivity contribution in [2.24, 2.45) is 5.73 Å². The average molecular weight is 290 g/mol. The number of hydrogen-bond acceptors (Lipinski definition) is 3. The van der Waals surface area contributed by atoms with Gasteiger partial charge in [0.15, 0.2) is 0 Å². The number of hydrogen-bond donors (Lipinski definition) is 2. The highest BCUT2D eigenvalue weighted by atomic mass is 16.5. The van der Waals surface area contributed by atoms with Gasteiger partial charge in [-0.05, 0) is 62.4 Å². The van der Waals surface area contributed by atoms with E-state index in [9.17, 15) is 4.79 Å². The number of nitrogens with one attached hydrogen (secondary N) is 1. The lowest BCUT2D eigenvalue weighted by Gasteiger charge is -2.27. The van der Waals surface area contributed by atoms with Crippen molar-refractivity contribution in [3.8, 4) is 5.75 Å². The Bertz CT molecular complexity index is 502. The lowest BCUT2D eigenvalue weighted by atomic mass is 9.92. The first kappa shape index (κ1) is 15.8. The van der Waals surface area contributed by atoms with Crippen molar-refractivity contribution < 1.29 is 9.53 Å². The summed E-state index contributed by atoms with van der Waals surface area (Å²) in [6.07, 6.45) is 5.43. The first-order valence-electron chi connectivity index (χ1n) is 7.84. The topological polar surface area (TPSA) is 64.3 Å². The number of nitrogens with two attached hydrogens (primary N) is 1. The molecule has 0 heterocycles. The molecule has 0 bridgehead atoms. The van der Waals surface area contributed by atoms with Crippen LogP contribution in [-0.2, 0) is 17.6 Å². The second kappa shape index (κ2) is 6.94. The quantitative estimate of drug-likeness (QED) is 0.809. The molecular formula is C17H26N2O2. The van der Waals surface area contributed by atoms with Gasteiger partial charge in [0.05, 0.1) is 12.1 Å². The summed E-state index contributed by atoms with van der Waals surface area (Å²) in [5, 5.41) is 3.14. The molecule has 1 aromatic rings. The summed E-state index contributed by atoms with van der Waals surface area (Å²) in [4.78, 5) is 11.5. The molecule has 21 heavy (non-hydrogen) atoms. The molecule has 2 rings (SSSR count). The van der Waals surface area contributed by atoms with Gasteiger partial charge in [0.2, 0.25) is 5.91 Å². The van der Waals surface area contributed by atoms with Crippen molar-refractivity contribution in [3.05, 3.63) is 29.3 Å². The van der Waals surface area contributed by atoms with Crippen LogP contribution in [0.15, 0.2) is 18.2 Å². The highest BCUT2D eigenvalue weighted by Crippen LogP contribution is 2.25. The van der Waals surface area contributed by atoms with Crippen LogP contribution in [0.1, 0.15) is 44.2 Å². The lowest BCUT2D eigenvalue weighted by molar-refractivity contribution is -0.124. The predicted molar refractivity (Wildman–Crippen MR) is 84.5 cm³/mol.